The van der Waals surface area contributed by atoms with Crippen molar-refractivity contribution in [1.29, 1.82) is 0 Å². The average Bonchev–Trinajstić information content (AvgIpc) is 2.56. The monoisotopic (exact) mass is 343 g/mol. The van der Waals surface area contributed by atoms with Crippen molar-refractivity contribution >= 4 is 17.5 Å². The fourth-order valence-corrected chi connectivity index (χ4v) is 3.39. The topological polar surface area (TPSA) is 38.3 Å². The number of amides is 1. The standard InChI is InChI=1S/C20H22ClNO2/c1-24-18-5-2-4-15(14-18)10-13-22-19(23)20(11-3-12-20)16-6-8-17(21)9-7-16/h2,4-9,14H,3,10-13H2,1H3,(H,22,23). The number of hydrogen-bond donors (Lipinski definition) is 1. The number of halogens is 1. The summed E-state index contributed by atoms with van der Waals surface area (Å²) in [5, 5.41) is 3.81. The third-order valence-electron chi connectivity index (χ3n) is 4.87. The molecule has 2 aromatic rings. The first-order valence-electron chi connectivity index (χ1n) is 8.31. The number of carbonyl (C=O) groups excluding carboxylic acids is 1. The maximum atomic E-state index is 12.8. The lowest BCUT2D eigenvalue weighted by Crippen LogP contribution is -2.49. The molecule has 0 bridgehead atoms. The molecule has 1 saturated carbocycles. The Morgan fingerprint density at radius 2 is 1.96 bits per heavy atom. The van der Waals surface area contributed by atoms with Crippen LogP contribution in [0.4, 0.5) is 0 Å². The first kappa shape index (κ1) is 16.8. The van der Waals surface area contributed by atoms with Gasteiger partial charge in [-0.25, -0.2) is 0 Å². The van der Waals surface area contributed by atoms with Crippen LogP contribution in [0.2, 0.25) is 5.02 Å². The summed E-state index contributed by atoms with van der Waals surface area (Å²) in [6, 6.07) is 15.6. The summed E-state index contributed by atoms with van der Waals surface area (Å²) in [6.07, 6.45) is 3.69. The molecule has 0 aromatic heterocycles. The highest BCUT2D eigenvalue weighted by Crippen LogP contribution is 2.44. The minimum absolute atomic E-state index is 0.124. The van der Waals surface area contributed by atoms with Gasteiger partial charge < -0.3 is 10.1 Å². The van der Waals surface area contributed by atoms with E-state index in [0.717, 1.165) is 42.6 Å². The van der Waals surface area contributed by atoms with Crippen LogP contribution in [0.5, 0.6) is 5.75 Å². The molecule has 0 unspecified atom stereocenters. The number of benzene rings is 2. The van der Waals surface area contributed by atoms with Gasteiger partial charge in [-0.2, -0.15) is 0 Å². The highest BCUT2D eigenvalue weighted by atomic mass is 35.5. The molecule has 4 heteroatoms. The van der Waals surface area contributed by atoms with Gasteiger partial charge in [-0.15, -0.1) is 0 Å². The molecule has 1 aliphatic carbocycles. The van der Waals surface area contributed by atoms with Crippen molar-refractivity contribution in [3.63, 3.8) is 0 Å². The molecule has 0 spiro atoms. The first-order chi connectivity index (χ1) is 11.6. The van der Waals surface area contributed by atoms with E-state index in [1.807, 2.05) is 48.5 Å². The van der Waals surface area contributed by atoms with Crippen LogP contribution in [-0.4, -0.2) is 19.6 Å². The SMILES string of the molecule is COc1cccc(CCNC(=O)C2(c3ccc(Cl)cc3)CCC2)c1. The van der Waals surface area contributed by atoms with E-state index in [1.54, 1.807) is 7.11 Å². The highest BCUT2D eigenvalue weighted by molar-refractivity contribution is 6.30. The van der Waals surface area contributed by atoms with Gasteiger partial charge in [0, 0.05) is 11.6 Å². The van der Waals surface area contributed by atoms with Crippen LogP contribution in [0.3, 0.4) is 0 Å². The lowest BCUT2D eigenvalue weighted by Gasteiger charge is -2.40. The molecule has 24 heavy (non-hydrogen) atoms. The maximum absolute atomic E-state index is 12.8. The zero-order valence-corrected chi connectivity index (χ0v) is 14.6. The van der Waals surface area contributed by atoms with Crippen molar-refractivity contribution in [2.24, 2.45) is 0 Å². The molecule has 1 amide bonds. The summed E-state index contributed by atoms with van der Waals surface area (Å²) in [5.74, 6) is 0.967. The van der Waals surface area contributed by atoms with E-state index in [9.17, 15) is 4.79 Å². The van der Waals surface area contributed by atoms with Crippen LogP contribution < -0.4 is 10.1 Å². The number of carbonyl (C=O) groups is 1. The Morgan fingerprint density at radius 3 is 2.58 bits per heavy atom. The average molecular weight is 344 g/mol. The highest BCUT2D eigenvalue weighted by Gasteiger charge is 2.45. The Kier molecular flexibility index (Phi) is 5.10. The van der Waals surface area contributed by atoms with Gasteiger partial charge in [0.1, 0.15) is 5.75 Å². The fourth-order valence-electron chi connectivity index (χ4n) is 3.26. The summed E-state index contributed by atoms with van der Waals surface area (Å²) in [7, 11) is 1.66. The molecular formula is C20H22ClNO2. The summed E-state index contributed by atoms with van der Waals surface area (Å²) in [6.45, 7) is 0.626. The number of ether oxygens (including phenoxy) is 1. The van der Waals surface area contributed by atoms with Crippen LogP contribution in [0.25, 0.3) is 0 Å². The summed E-state index contributed by atoms with van der Waals surface area (Å²) >= 11 is 5.97. The Hall–Kier alpha value is -2.00. The zero-order chi connectivity index (χ0) is 17.0. The molecule has 0 aliphatic heterocycles. The Bertz CT molecular complexity index is 708. The van der Waals surface area contributed by atoms with E-state index < -0.39 is 0 Å². The van der Waals surface area contributed by atoms with Gasteiger partial charge in [0.15, 0.2) is 0 Å². The molecule has 0 atom stereocenters. The van der Waals surface area contributed by atoms with Gasteiger partial charge >= 0.3 is 0 Å². The fraction of sp³-hybridized carbons (Fsp3) is 0.350. The number of methoxy groups -OCH3 is 1. The van der Waals surface area contributed by atoms with E-state index in [-0.39, 0.29) is 11.3 Å². The molecule has 0 heterocycles. The second kappa shape index (κ2) is 7.27. The predicted octanol–water partition coefficient (Wildman–Crippen LogP) is 4.13. The normalized spacial score (nSPS) is 15.4. The third-order valence-corrected chi connectivity index (χ3v) is 5.12. The van der Waals surface area contributed by atoms with Gasteiger partial charge in [0.25, 0.3) is 0 Å². The molecule has 3 rings (SSSR count). The molecule has 1 aliphatic rings. The molecule has 1 fully saturated rings. The van der Waals surface area contributed by atoms with E-state index in [2.05, 4.69) is 5.32 Å². The van der Waals surface area contributed by atoms with Crippen molar-refractivity contribution in [2.45, 2.75) is 31.1 Å². The van der Waals surface area contributed by atoms with E-state index in [4.69, 9.17) is 16.3 Å². The van der Waals surface area contributed by atoms with Crippen molar-refractivity contribution in [3.8, 4) is 5.75 Å². The summed E-state index contributed by atoms with van der Waals surface area (Å²) in [5.41, 5.74) is 1.85. The van der Waals surface area contributed by atoms with Crippen LogP contribution in [-0.2, 0) is 16.6 Å². The van der Waals surface area contributed by atoms with Crippen LogP contribution in [0.1, 0.15) is 30.4 Å². The van der Waals surface area contributed by atoms with E-state index >= 15 is 0 Å². The Labute approximate surface area is 148 Å². The first-order valence-corrected chi connectivity index (χ1v) is 8.69. The van der Waals surface area contributed by atoms with Crippen molar-refractivity contribution in [1.82, 2.24) is 5.32 Å². The Morgan fingerprint density at radius 1 is 1.21 bits per heavy atom. The Balaban J connectivity index is 1.62. The summed E-state index contributed by atoms with van der Waals surface area (Å²) in [4.78, 5) is 12.8. The number of rotatable bonds is 6. The second-order valence-electron chi connectivity index (χ2n) is 6.30. The van der Waals surface area contributed by atoms with E-state index in [0.29, 0.717) is 11.6 Å². The molecule has 3 nitrogen and oxygen atoms in total. The van der Waals surface area contributed by atoms with Crippen molar-refractivity contribution < 1.29 is 9.53 Å². The molecule has 0 saturated heterocycles. The quantitative estimate of drug-likeness (QED) is 0.856. The van der Waals surface area contributed by atoms with Gasteiger partial charge in [-0.05, 0) is 54.7 Å². The molecule has 2 aromatic carbocycles. The smallest absolute Gasteiger partial charge is 0.230 e. The lowest BCUT2D eigenvalue weighted by molar-refractivity contribution is -0.129. The van der Waals surface area contributed by atoms with Crippen molar-refractivity contribution in [2.75, 3.05) is 13.7 Å². The van der Waals surface area contributed by atoms with Crippen molar-refractivity contribution in [3.05, 3.63) is 64.7 Å². The number of nitrogens with one attached hydrogen (secondary N) is 1. The third kappa shape index (κ3) is 3.41. The van der Waals surface area contributed by atoms with Crippen LogP contribution in [0.15, 0.2) is 48.5 Å². The molecule has 1 N–H and O–H groups in total. The summed E-state index contributed by atoms with van der Waals surface area (Å²) < 4.78 is 5.23. The predicted molar refractivity (Wildman–Crippen MR) is 96.7 cm³/mol. The van der Waals surface area contributed by atoms with Gasteiger partial charge in [0.05, 0.1) is 12.5 Å². The second-order valence-corrected chi connectivity index (χ2v) is 6.74. The molecular weight excluding hydrogens is 322 g/mol. The largest absolute Gasteiger partial charge is 0.497 e. The van der Waals surface area contributed by atoms with Gasteiger partial charge in [-0.3, -0.25) is 4.79 Å². The zero-order valence-electron chi connectivity index (χ0n) is 13.8. The van der Waals surface area contributed by atoms with E-state index in [1.165, 1.54) is 0 Å². The van der Waals surface area contributed by atoms with Gasteiger partial charge in [-0.1, -0.05) is 42.3 Å². The lowest BCUT2D eigenvalue weighted by atomic mass is 9.64. The maximum Gasteiger partial charge on any atom is 0.230 e. The van der Waals surface area contributed by atoms with Gasteiger partial charge in [0.2, 0.25) is 5.91 Å². The molecule has 126 valence electrons. The minimum atomic E-state index is -0.376. The van der Waals surface area contributed by atoms with Crippen LogP contribution in [0, 0.1) is 0 Å². The number of hydrogen-bond acceptors (Lipinski definition) is 2. The molecule has 0 radical (unpaired) electrons. The minimum Gasteiger partial charge on any atom is -0.497 e. The van der Waals surface area contributed by atoms with Crippen LogP contribution >= 0.6 is 11.6 Å².